The lowest BCUT2D eigenvalue weighted by molar-refractivity contribution is 0.102. The van der Waals surface area contributed by atoms with Gasteiger partial charge in [0.25, 0.3) is 5.91 Å². The molecule has 0 radical (unpaired) electrons. The molecule has 1 aromatic heterocycles. The molecule has 0 fully saturated rings. The Kier molecular flexibility index (Phi) is 4.55. The van der Waals surface area contributed by atoms with Crippen LogP contribution in [0, 0.1) is 0 Å². The van der Waals surface area contributed by atoms with Gasteiger partial charge in [0.05, 0.1) is 19.0 Å². The van der Waals surface area contributed by atoms with E-state index in [0.717, 1.165) is 8.95 Å². The Morgan fingerprint density at radius 1 is 1.21 bits per heavy atom. The second kappa shape index (κ2) is 6.16. The van der Waals surface area contributed by atoms with E-state index in [1.54, 1.807) is 37.6 Å². The summed E-state index contributed by atoms with van der Waals surface area (Å²) in [6, 6.07) is 8.78. The van der Waals surface area contributed by atoms with Crippen molar-refractivity contribution in [2.45, 2.75) is 0 Å². The van der Waals surface area contributed by atoms with Gasteiger partial charge in [-0.2, -0.15) is 0 Å². The number of ether oxygens (including phenoxy) is 1. The Labute approximate surface area is 127 Å². The monoisotopic (exact) mass is 384 g/mol. The first-order chi connectivity index (χ1) is 9.08. The lowest BCUT2D eigenvalue weighted by atomic mass is 10.2. The first-order valence-electron chi connectivity index (χ1n) is 5.36. The molecule has 2 aromatic rings. The number of halogens is 2. The maximum Gasteiger partial charge on any atom is 0.255 e. The lowest BCUT2D eigenvalue weighted by Gasteiger charge is -2.06. The van der Waals surface area contributed by atoms with E-state index in [0.29, 0.717) is 17.1 Å². The Bertz CT molecular complexity index is 580. The molecule has 98 valence electrons. The molecule has 1 amide bonds. The molecular formula is C13H10Br2N2O2. The Morgan fingerprint density at radius 3 is 2.42 bits per heavy atom. The molecule has 0 atom stereocenters. The zero-order valence-corrected chi connectivity index (χ0v) is 13.2. The lowest BCUT2D eigenvalue weighted by Crippen LogP contribution is -2.12. The van der Waals surface area contributed by atoms with Gasteiger partial charge < -0.3 is 10.1 Å². The normalized spacial score (nSPS) is 10.1. The highest BCUT2D eigenvalue weighted by atomic mass is 79.9. The Balaban J connectivity index is 2.15. The van der Waals surface area contributed by atoms with Crippen molar-refractivity contribution in [2.24, 2.45) is 0 Å². The zero-order valence-electron chi connectivity index (χ0n) is 9.98. The first kappa shape index (κ1) is 14.0. The third-order valence-corrected chi connectivity index (χ3v) is 3.24. The van der Waals surface area contributed by atoms with E-state index in [1.807, 2.05) is 6.07 Å². The van der Waals surface area contributed by atoms with Crippen molar-refractivity contribution in [3.63, 3.8) is 0 Å². The number of carbonyl (C=O) groups is 1. The number of hydrogen-bond acceptors (Lipinski definition) is 3. The number of carbonyl (C=O) groups excluding carboxylic acids is 1. The minimum absolute atomic E-state index is 0.200. The molecule has 4 nitrogen and oxygen atoms in total. The van der Waals surface area contributed by atoms with Crippen LogP contribution >= 0.6 is 31.9 Å². The van der Waals surface area contributed by atoms with Crippen LogP contribution in [0.2, 0.25) is 0 Å². The van der Waals surface area contributed by atoms with Crippen molar-refractivity contribution >= 4 is 43.5 Å². The summed E-state index contributed by atoms with van der Waals surface area (Å²) < 4.78 is 6.62. The van der Waals surface area contributed by atoms with Crippen LogP contribution in [-0.2, 0) is 0 Å². The first-order valence-corrected chi connectivity index (χ1v) is 6.94. The second-order valence-electron chi connectivity index (χ2n) is 3.70. The van der Waals surface area contributed by atoms with Crippen LogP contribution in [0.3, 0.4) is 0 Å². The van der Waals surface area contributed by atoms with Gasteiger partial charge in [-0.25, -0.2) is 4.98 Å². The van der Waals surface area contributed by atoms with Crippen LogP contribution < -0.4 is 10.1 Å². The van der Waals surface area contributed by atoms with E-state index in [4.69, 9.17) is 4.74 Å². The minimum atomic E-state index is -0.200. The smallest absolute Gasteiger partial charge is 0.255 e. The molecule has 0 spiro atoms. The molecule has 0 unspecified atom stereocenters. The summed E-state index contributed by atoms with van der Waals surface area (Å²) in [6.07, 6.45) is 1.55. The van der Waals surface area contributed by atoms with Crippen molar-refractivity contribution in [3.05, 3.63) is 51.0 Å². The van der Waals surface area contributed by atoms with Crippen molar-refractivity contribution < 1.29 is 9.53 Å². The molecular weight excluding hydrogens is 376 g/mol. The number of rotatable bonds is 3. The predicted octanol–water partition coefficient (Wildman–Crippen LogP) is 3.87. The highest BCUT2D eigenvalue weighted by Gasteiger charge is 2.08. The summed E-state index contributed by atoms with van der Waals surface area (Å²) in [5, 5.41) is 2.77. The molecule has 1 aromatic carbocycles. The summed E-state index contributed by atoms with van der Waals surface area (Å²) >= 11 is 6.69. The summed E-state index contributed by atoms with van der Waals surface area (Å²) in [7, 11) is 1.54. The average molecular weight is 386 g/mol. The van der Waals surface area contributed by atoms with E-state index in [2.05, 4.69) is 42.2 Å². The van der Waals surface area contributed by atoms with Crippen molar-refractivity contribution in [1.29, 1.82) is 0 Å². The summed E-state index contributed by atoms with van der Waals surface area (Å²) in [4.78, 5) is 16.1. The van der Waals surface area contributed by atoms with E-state index < -0.39 is 0 Å². The quantitative estimate of drug-likeness (QED) is 0.872. The minimum Gasteiger partial charge on any atom is -0.481 e. The van der Waals surface area contributed by atoms with Gasteiger partial charge >= 0.3 is 0 Å². The highest BCUT2D eigenvalue weighted by molar-refractivity contribution is 9.11. The van der Waals surface area contributed by atoms with Gasteiger partial charge in [-0.3, -0.25) is 4.79 Å². The van der Waals surface area contributed by atoms with Crippen LogP contribution in [0.5, 0.6) is 5.88 Å². The van der Waals surface area contributed by atoms with Crippen LogP contribution in [0.1, 0.15) is 10.4 Å². The number of anilines is 1. The number of amides is 1. The van der Waals surface area contributed by atoms with Crippen molar-refractivity contribution in [3.8, 4) is 5.88 Å². The van der Waals surface area contributed by atoms with Gasteiger partial charge in [-0.05, 0) is 24.3 Å². The molecule has 19 heavy (non-hydrogen) atoms. The van der Waals surface area contributed by atoms with Gasteiger partial charge in [-0.1, -0.05) is 31.9 Å². The molecule has 0 saturated carbocycles. The maximum absolute atomic E-state index is 12.1. The Morgan fingerprint density at radius 2 is 1.89 bits per heavy atom. The van der Waals surface area contributed by atoms with Crippen molar-refractivity contribution in [1.82, 2.24) is 4.98 Å². The third kappa shape index (κ3) is 3.78. The topological polar surface area (TPSA) is 51.2 Å². The van der Waals surface area contributed by atoms with E-state index in [1.165, 1.54) is 0 Å². The van der Waals surface area contributed by atoms with Crippen LogP contribution in [0.25, 0.3) is 0 Å². The molecule has 0 aliphatic carbocycles. The van der Waals surface area contributed by atoms with Crippen molar-refractivity contribution in [2.75, 3.05) is 12.4 Å². The van der Waals surface area contributed by atoms with E-state index in [-0.39, 0.29) is 5.91 Å². The fraction of sp³-hybridized carbons (Fsp3) is 0.0769. The second-order valence-corrected chi connectivity index (χ2v) is 5.53. The average Bonchev–Trinajstić information content (AvgIpc) is 2.38. The number of methoxy groups -OCH3 is 1. The van der Waals surface area contributed by atoms with E-state index in [9.17, 15) is 4.79 Å². The molecule has 2 rings (SSSR count). The summed E-state index contributed by atoms with van der Waals surface area (Å²) in [5.41, 5.74) is 1.17. The van der Waals surface area contributed by atoms with Crippen LogP contribution in [-0.4, -0.2) is 18.0 Å². The van der Waals surface area contributed by atoms with Gasteiger partial charge in [0.1, 0.15) is 0 Å². The molecule has 0 saturated heterocycles. The van der Waals surface area contributed by atoms with E-state index >= 15 is 0 Å². The van der Waals surface area contributed by atoms with Crippen LogP contribution in [0.15, 0.2) is 45.5 Å². The number of aromatic nitrogens is 1. The fourth-order valence-electron chi connectivity index (χ4n) is 1.46. The number of benzene rings is 1. The molecule has 1 N–H and O–H groups in total. The Hall–Kier alpha value is -1.40. The molecule has 1 heterocycles. The zero-order chi connectivity index (χ0) is 13.8. The molecule has 0 aliphatic heterocycles. The third-order valence-electron chi connectivity index (χ3n) is 2.33. The number of nitrogens with one attached hydrogen (secondary N) is 1. The number of nitrogens with zero attached hydrogens (tertiary/aromatic N) is 1. The molecule has 6 heteroatoms. The molecule has 0 aliphatic rings. The standard InChI is InChI=1S/C13H10Br2N2O2/c1-19-12-3-2-11(7-16-12)17-13(18)8-4-9(14)6-10(15)5-8/h2-7H,1H3,(H,17,18). The maximum atomic E-state index is 12.1. The van der Waals surface area contributed by atoms with Gasteiger partial charge in [0.2, 0.25) is 5.88 Å². The number of pyridine rings is 1. The summed E-state index contributed by atoms with van der Waals surface area (Å²) in [6.45, 7) is 0. The van der Waals surface area contributed by atoms with Gasteiger partial charge in [0.15, 0.2) is 0 Å². The fourth-order valence-corrected chi connectivity index (χ4v) is 2.76. The SMILES string of the molecule is COc1ccc(NC(=O)c2cc(Br)cc(Br)c2)cn1. The number of hydrogen-bond donors (Lipinski definition) is 1. The van der Waals surface area contributed by atoms with Crippen LogP contribution in [0.4, 0.5) is 5.69 Å². The largest absolute Gasteiger partial charge is 0.481 e. The predicted molar refractivity (Wildman–Crippen MR) is 80.6 cm³/mol. The molecule has 0 bridgehead atoms. The summed E-state index contributed by atoms with van der Waals surface area (Å²) in [5.74, 6) is 0.303. The van der Waals surface area contributed by atoms with Gasteiger partial charge in [0, 0.05) is 20.6 Å². The van der Waals surface area contributed by atoms with Gasteiger partial charge in [-0.15, -0.1) is 0 Å². The highest BCUT2D eigenvalue weighted by Crippen LogP contribution is 2.21.